The number of carbonyl (C=O) groups excluding carboxylic acids is 2. The minimum atomic E-state index is -0.801. The molecule has 0 aliphatic heterocycles. The number of aromatic nitrogens is 4. The number of anilines is 1. The summed E-state index contributed by atoms with van der Waals surface area (Å²) in [4.78, 5) is 29.1. The summed E-state index contributed by atoms with van der Waals surface area (Å²) in [7, 11) is 4.61. The molecular weight excluding hydrogens is 476 g/mol. The van der Waals surface area contributed by atoms with Crippen LogP contribution in [0.15, 0.2) is 42.5 Å². The third-order valence-corrected chi connectivity index (χ3v) is 5.77. The summed E-state index contributed by atoms with van der Waals surface area (Å²) >= 11 is 0. The summed E-state index contributed by atoms with van der Waals surface area (Å²) in [6.07, 6.45) is 0.836. The van der Waals surface area contributed by atoms with E-state index in [2.05, 4.69) is 34.6 Å². The average Bonchev–Trinajstić information content (AvgIpc) is 3.36. The van der Waals surface area contributed by atoms with Gasteiger partial charge in [-0.15, -0.1) is 10.2 Å². The number of tetrazole rings is 1. The molecule has 1 heterocycles. The predicted molar refractivity (Wildman–Crippen MR) is 139 cm³/mol. The molecule has 3 rings (SSSR count). The molecule has 1 N–H and O–H groups in total. The van der Waals surface area contributed by atoms with Crippen LogP contribution in [0.2, 0.25) is 0 Å². The first kappa shape index (κ1) is 27.4. The molecule has 0 spiro atoms. The van der Waals surface area contributed by atoms with Crippen LogP contribution in [-0.2, 0) is 16.1 Å². The van der Waals surface area contributed by atoms with E-state index in [1.807, 2.05) is 0 Å². The van der Waals surface area contributed by atoms with E-state index in [4.69, 9.17) is 14.2 Å². The zero-order valence-electron chi connectivity index (χ0n) is 22.1. The lowest BCUT2D eigenvalue weighted by Gasteiger charge is -2.29. The number of hydrogen-bond donors (Lipinski definition) is 1. The molecule has 11 heteroatoms. The summed E-state index contributed by atoms with van der Waals surface area (Å²) in [6.45, 7) is 6.14. The van der Waals surface area contributed by atoms with Gasteiger partial charge in [0.25, 0.3) is 5.91 Å². The SMILES string of the molecule is COc1ccc(-c2nnn(CC(=O)N(c3ccccc3OC)[C@H](C)C(=O)NCCC(C)C)n2)cc1OC. The number of rotatable bonds is 12. The van der Waals surface area contributed by atoms with Crippen molar-refractivity contribution in [3.05, 3.63) is 42.5 Å². The van der Waals surface area contributed by atoms with Gasteiger partial charge < -0.3 is 19.5 Å². The maximum atomic E-state index is 13.6. The van der Waals surface area contributed by atoms with E-state index in [9.17, 15) is 9.59 Å². The fourth-order valence-electron chi connectivity index (χ4n) is 3.74. The molecule has 37 heavy (non-hydrogen) atoms. The number of para-hydroxylation sites is 2. The fraction of sp³-hybridized carbons (Fsp3) is 0.423. The summed E-state index contributed by atoms with van der Waals surface area (Å²) in [5.74, 6) is 1.66. The molecule has 1 aromatic heterocycles. The van der Waals surface area contributed by atoms with Crippen molar-refractivity contribution in [1.29, 1.82) is 0 Å². The van der Waals surface area contributed by atoms with Crippen molar-refractivity contribution in [2.45, 2.75) is 39.8 Å². The number of methoxy groups -OCH3 is 3. The quantitative estimate of drug-likeness (QED) is 0.395. The second-order valence-electron chi connectivity index (χ2n) is 8.80. The third-order valence-electron chi connectivity index (χ3n) is 5.77. The molecule has 198 valence electrons. The Balaban J connectivity index is 1.85. The second kappa shape index (κ2) is 12.7. The van der Waals surface area contributed by atoms with Crippen LogP contribution in [-0.4, -0.2) is 65.9 Å². The highest BCUT2D eigenvalue weighted by Crippen LogP contribution is 2.31. The number of hydrogen-bond acceptors (Lipinski definition) is 8. The highest BCUT2D eigenvalue weighted by atomic mass is 16.5. The standard InChI is InChI=1S/C26H34N6O5/c1-17(2)13-14-27-26(34)18(3)32(20-9-7-8-10-21(20)35-4)24(33)16-31-29-25(28-30-31)19-11-12-22(36-5)23(15-19)37-6/h7-12,15,17-18H,13-14,16H2,1-6H3,(H,27,34)/t18-/m1/s1. The van der Waals surface area contributed by atoms with Crippen molar-refractivity contribution in [2.24, 2.45) is 5.92 Å². The molecule has 2 amide bonds. The molecule has 0 radical (unpaired) electrons. The van der Waals surface area contributed by atoms with E-state index in [0.29, 0.717) is 46.8 Å². The Bertz CT molecular complexity index is 1210. The first-order chi connectivity index (χ1) is 17.8. The zero-order valence-corrected chi connectivity index (χ0v) is 22.1. The van der Waals surface area contributed by atoms with Crippen LogP contribution >= 0.6 is 0 Å². The maximum absolute atomic E-state index is 13.6. The lowest BCUT2D eigenvalue weighted by molar-refractivity contribution is -0.126. The van der Waals surface area contributed by atoms with E-state index in [1.54, 1.807) is 56.5 Å². The molecule has 0 aliphatic carbocycles. The number of carbonyl (C=O) groups is 2. The summed E-state index contributed by atoms with van der Waals surface area (Å²) in [5.41, 5.74) is 1.12. The molecule has 0 unspecified atom stereocenters. The minimum absolute atomic E-state index is 0.234. The number of ether oxygens (including phenoxy) is 3. The summed E-state index contributed by atoms with van der Waals surface area (Å²) in [6, 6.07) is 11.5. The van der Waals surface area contributed by atoms with E-state index < -0.39 is 11.9 Å². The van der Waals surface area contributed by atoms with Crippen molar-refractivity contribution < 1.29 is 23.8 Å². The Hall–Kier alpha value is -4.15. The van der Waals surface area contributed by atoms with Gasteiger partial charge in [0.05, 0.1) is 27.0 Å². The Labute approximate surface area is 216 Å². The van der Waals surface area contributed by atoms with Crippen LogP contribution in [0.4, 0.5) is 5.69 Å². The fourth-order valence-corrected chi connectivity index (χ4v) is 3.74. The molecule has 0 fully saturated rings. The van der Waals surface area contributed by atoms with Gasteiger partial charge in [0.15, 0.2) is 11.5 Å². The van der Waals surface area contributed by atoms with Crippen molar-refractivity contribution in [3.63, 3.8) is 0 Å². The lowest BCUT2D eigenvalue weighted by Crippen LogP contribution is -2.49. The summed E-state index contributed by atoms with van der Waals surface area (Å²) < 4.78 is 16.1. The highest BCUT2D eigenvalue weighted by molar-refractivity contribution is 6.01. The normalized spacial score (nSPS) is 11.6. The minimum Gasteiger partial charge on any atom is -0.495 e. The molecule has 0 saturated carbocycles. The van der Waals surface area contributed by atoms with Gasteiger partial charge >= 0.3 is 0 Å². The Morgan fingerprint density at radius 2 is 1.68 bits per heavy atom. The first-order valence-electron chi connectivity index (χ1n) is 12.0. The van der Waals surface area contributed by atoms with Crippen molar-refractivity contribution in [1.82, 2.24) is 25.5 Å². The molecule has 0 bridgehead atoms. The van der Waals surface area contributed by atoms with Gasteiger partial charge in [0.2, 0.25) is 11.7 Å². The maximum Gasteiger partial charge on any atom is 0.251 e. The van der Waals surface area contributed by atoms with Crippen molar-refractivity contribution >= 4 is 17.5 Å². The van der Waals surface area contributed by atoms with Gasteiger partial charge in [-0.1, -0.05) is 26.0 Å². The molecule has 1 atom stereocenters. The van der Waals surface area contributed by atoms with Crippen LogP contribution < -0.4 is 24.4 Å². The molecule has 0 saturated heterocycles. The number of amides is 2. The van der Waals surface area contributed by atoms with E-state index >= 15 is 0 Å². The van der Waals surface area contributed by atoms with Gasteiger partial charge in [0, 0.05) is 12.1 Å². The largest absolute Gasteiger partial charge is 0.495 e. The Morgan fingerprint density at radius 1 is 0.973 bits per heavy atom. The topological polar surface area (TPSA) is 121 Å². The van der Waals surface area contributed by atoms with Crippen LogP contribution in [0.1, 0.15) is 27.2 Å². The van der Waals surface area contributed by atoms with Gasteiger partial charge in [-0.25, -0.2) is 0 Å². The smallest absolute Gasteiger partial charge is 0.251 e. The van der Waals surface area contributed by atoms with Gasteiger partial charge in [0.1, 0.15) is 18.3 Å². The molecule has 0 aliphatic rings. The monoisotopic (exact) mass is 510 g/mol. The number of nitrogens with one attached hydrogen (secondary N) is 1. The highest BCUT2D eigenvalue weighted by Gasteiger charge is 2.30. The second-order valence-corrected chi connectivity index (χ2v) is 8.80. The van der Waals surface area contributed by atoms with E-state index in [-0.39, 0.29) is 12.5 Å². The van der Waals surface area contributed by atoms with Crippen molar-refractivity contribution in [2.75, 3.05) is 32.8 Å². The lowest BCUT2D eigenvalue weighted by atomic mass is 10.1. The van der Waals surface area contributed by atoms with E-state index in [1.165, 1.54) is 23.9 Å². The van der Waals surface area contributed by atoms with Gasteiger partial charge in [-0.2, -0.15) is 4.80 Å². The zero-order chi connectivity index (χ0) is 26.9. The predicted octanol–water partition coefficient (Wildman–Crippen LogP) is 2.95. The van der Waals surface area contributed by atoms with Crippen LogP contribution in [0.25, 0.3) is 11.4 Å². The number of benzene rings is 2. The molecular formula is C26H34N6O5. The van der Waals surface area contributed by atoms with Crippen LogP contribution in [0.5, 0.6) is 17.2 Å². The van der Waals surface area contributed by atoms with E-state index in [0.717, 1.165) is 6.42 Å². The Morgan fingerprint density at radius 3 is 2.35 bits per heavy atom. The average molecular weight is 511 g/mol. The third kappa shape index (κ3) is 6.75. The van der Waals surface area contributed by atoms with Gasteiger partial charge in [-0.05, 0) is 54.8 Å². The van der Waals surface area contributed by atoms with Gasteiger partial charge in [-0.3, -0.25) is 14.5 Å². The summed E-state index contributed by atoms with van der Waals surface area (Å²) in [5, 5.41) is 15.4. The van der Waals surface area contributed by atoms with Crippen LogP contribution in [0.3, 0.4) is 0 Å². The molecule has 2 aromatic carbocycles. The van der Waals surface area contributed by atoms with Crippen molar-refractivity contribution in [3.8, 4) is 28.6 Å². The molecule has 11 nitrogen and oxygen atoms in total. The van der Waals surface area contributed by atoms with Crippen LogP contribution in [0, 0.1) is 5.92 Å². The molecule has 3 aromatic rings. The first-order valence-corrected chi connectivity index (χ1v) is 12.0. The Kier molecular flexibility index (Phi) is 9.42. The number of nitrogens with zero attached hydrogens (tertiary/aromatic N) is 5.